The van der Waals surface area contributed by atoms with E-state index in [0.717, 1.165) is 17.0 Å². The Morgan fingerprint density at radius 3 is 2.57 bits per heavy atom. The second-order valence-electron chi connectivity index (χ2n) is 5.85. The Labute approximate surface area is 130 Å². The number of amides is 1. The van der Waals surface area contributed by atoms with Gasteiger partial charge in [-0.2, -0.15) is 0 Å². The lowest BCUT2D eigenvalue weighted by molar-refractivity contribution is -0.123. The van der Waals surface area contributed by atoms with E-state index in [0.29, 0.717) is 6.54 Å². The molecule has 0 aliphatic rings. The van der Waals surface area contributed by atoms with Crippen LogP contribution in [0, 0.1) is 19.8 Å². The fourth-order valence-electron chi connectivity index (χ4n) is 2.04. The minimum atomic E-state index is -0.907. The fourth-order valence-corrected chi connectivity index (χ4v) is 2.90. The number of carbonyl (C=O) groups excluding carboxylic acids is 1. The molecule has 2 unspecified atom stereocenters. The van der Waals surface area contributed by atoms with Gasteiger partial charge in [0.2, 0.25) is 5.91 Å². The summed E-state index contributed by atoms with van der Waals surface area (Å²) < 4.78 is 1.63. The molecule has 0 aromatic carbocycles. The lowest BCUT2D eigenvalue weighted by Crippen LogP contribution is -2.45. The van der Waals surface area contributed by atoms with Gasteiger partial charge in [0.15, 0.2) is 0 Å². The molecule has 1 aromatic rings. The summed E-state index contributed by atoms with van der Waals surface area (Å²) in [5.74, 6) is -0.0316. The van der Waals surface area contributed by atoms with Gasteiger partial charge < -0.3 is 15.0 Å². The van der Waals surface area contributed by atoms with Crippen LogP contribution in [0.15, 0.2) is 4.79 Å². The van der Waals surface area contributed by atoms with E-state index in [2.05, 4.69) is 5.32 Å². The number of carbonyl (C=O) groups is 1. The molecule has 0 saturated heterocycles. The van der Waals surface area contributed by atoms with Gasteiger partial charge in [0.1, 0.15) is 0 Å². The van der Waals surface area contributed by atoms with E-state index in [1.165, 1.54) is 11.3 Å². The first-order chi connectivity index (χ1) is 9.69. The third-order valence-corrected chi connectivity index (χ3v) is 5.25. The smallest absolute Gasteiger partial charge is 0.307 e. The van der Waals surface area contributed by atoms with Crippen molar-refractivity contribution in [3.63, 3.8) is 0 Å². The summed E-state index contributed by atoms with van der Waals surface area (Å²) in [6, 6.07) is 0. The van der Waals surface area contributed by atoms with Gasteiger partial charge in [-0.1, -0.05) is 31.6 Å². The molecule has 0 bridgehead atoms. The summed E-state index contributed by atoms with van der Waals surface area (Å²) in [6.45, 7) is 10.1. The number of rotatable bonds is 7. The zero-order valence-electron chi connectivity index (χ0n) is 13.5. The SMILES string of the molecule is CCC(C)C(C)(O)CNC(=O)CCn1c(C)c(C)sc1=O. The van der Waals surface area contributed by atoms with Gasteiger partial charge >= 0.3 is 4.87 Å². The average Bonchev–Trinajstić information content (AvgIpc) is 2.67. The maximum atomic E-state index is 11.9. The van der Waals surface area contributed by atoms with Gasteiger partial charge in [-0.3, -0.25) is 9.59 Å². The third kappa shape index (κ3) is 4.68. The maximum Gasteiger partial charge on any atom is 0.307 e. The first kappa shape index (κ1) is 17.9. The summed E-state index contributed by atoms with van der Waals surface area (Å²) in [5.41, 5.74) is 0.0141. The van der Waals surface area contributed by atoms with Crippen LogP contribution in [0.2, 0.25) is 0 Å². The van der Waals surface area contributed by atoms with E-state index in [-0.39, 0.29) is 29.7 Å². The highest BCUT2D eigenvalue weighted by atomic mass is 32.1. The minimum absolute atomic E-state index is 0.0237. The van der Waals surface area contributed by atoms with E-state index in [1.54, 1.807) is 11.5 Å². The molecule has 2 N–H and O–H groups in total. The van der Waals surface area contributed by atoms with Crippen molar-refractivity contribution >= 4 is 17.2 Å². The van der Waals surface area contributed by atoms with Crippen molar-refractivity contribution in [1.29, 1.82) is 0 Å². The van der Waals surface area contributed by atoms with Crippen molar-refractivity contribution in [3.8, 4) is 0 Å². The summed E-state index contributed by atoms with van der Waals surface area (Å²) in [6.07, 6.45) is 1.10. The molecule has 1 rings (SSSR count). The van der Waals surface area contributed by atoms with Crippen LogP contribution in [0.25, 0.3) is 0 Å². The molecule has 0 aliphatic carbocycles. The standard InChI is InChI=1S/C15H26N2O3S/c1-6-10(2)15(5,20)9-16-13(18)7-8-17-11(3)12(4)21-14(17)19/h10,20H,6-9H2,1-5H3,(H,16,18). The Hall–Kier alpha value is -1.14. The van der Waals surface area contributed by atoms with E-state index in [4.69, 9.17) is 0 Å². The van der Waals surface area contributed by atoms with Crippen LogP contribution in [0.4, 0.5) is 0 Å². The van der Waals surface area contributed by atoms with Crippen molar-refractivity contribution in [2.24, 2.45) is 5.92 Å². The number of hydrogen-bond donors (Lipinski definition) is 2. The molecule has 0 aliphatic heterocycles. The topological polar surface area (TPSA) is 71.3 Å². The molecule has 1 amide bonds. The van der Waals surface area contributed by atoms with Crippen LogP contribution in [0.5, 0.6) is 0 Å². The monoisotopic (exact) mass is 314 g/mol. The van der Waals surface area contributed by atoms with E-state index in [9.17, 15) is 14.7 Å². The van der Waals surface area contributed by atoms with E-state index >= 15 is 0 Å². The normalized spacial score (nSPS) is 15.5. The third-order valence-electron chi connectivity index (χ3n) is 4.26. The average molecular weight is 314 g/mol. The molecule has 0 spiro atoms. The lowest BCUT2D eigenvalue weighted by atomic mass is 9.88. The maximum absolute atomic E-state index is 11.9. The minimum Gasteiger partial charge on any atom is -0.388 e. The van der Waals surface area contributed by atoms with Gasteiger partial charge in [0.25, 0.3) is 0 Å². The van der Waals surface area contributed by atoms with Crippen LogP contribution >= 0.6 is 11.3 Å². The van der Waals surface area contributed by atoms with Crippen molar-refractivity contribution in [2.45, 2.75) is 59.6 Å². The molecule has 0 fully saturated rings. The quantitative estimate of drug-likeness (QED) is 0.806. The number of aryl methyl sites for hydroxylation is 1. The summed E-state index contributed by atoms with van der Waals surface area (Å²) >= 11 is 1.21. The molecule has 0 radical (unpaired) electrons. The second kappa shape index (κ2) is 7.22. The Morgan fingerprint density at radius 1 is 1.48 bits per heavy atom. The molecule has 21 heavy (non-hydrogen) atoms. The lowest BCUT2D eigenvalue weighted by Gasteiger charge is -2.29. The zero-order valence-corrected chi connectivity index (χ0v) is 14.3. The van der Waals surface area contributed by atoms with Crippen LogP contribution in [-0.4, -0.2) is 27.7 Å². The Morgan fingerprint density at radius 2 is 2.10 bits per heavy atom. The summed E-state index contributed by atoms with van der Waals surface area (Å²) in [7, 11) is 0. The zero-order chi connectivity index (χ0) is 16.2. The van der Waals surface area contributed by atoms with E-state index in [1.807, 2.05) is 27.7 Å². The summed E-state index contributed by atoms with van der Waals surface area (Å²) in [4.78, 5) is 24.6. The molecular weight excluding hydrogens is 288 g/mol. The number of thiazole rings is 1. The fraction of sp³-hybridized carbons (Fsp3) is 0.733. The predicted octanol–water partition coefficient (Wildman–Crippen LogP) is 1.83. The molecule has 1 heterocycles. The highest BCUT2D eigenvalue weighted by molar-refractivity contribution is 7.09. The van der Waals surface area contributed by atoms with Crippen LogP contribution in [0.3, 0.4) is 0 Å². The number of nitrogens with zero attached hydrogens (tertiary/aromatic N) is 1. The Balaban J connectivity index is 2.50. The van der Waals surface area contributed by atoms with Crippen molar-refractivity contribution in [3.05, 3.63) is 20.2 Å². The number of hydrogen-bond acceptors (Lipinski definition) is 4. The Bertz CT molecular complexity index is 546. The van der Waals surface area contributed by atoms with Crippen LogP contribution in [0.1, 0.15) is 44.2 Å². The largest absolute Gasteiger partial charge is 0.388 e. The van der Waals surface area contributed by atoms with Crippen molar-refractivity contribution in [2.75, 3.05) is 6.54 Å². The molecule has 5 nitrogen and oxygen atoms in total. The number of nitrogens with one attached hydrogen (secondary N) is 1. The highest BCUT2D eigenvalue weighted by Gasteiger charge is 2.27. The van der Waals surface area contributed by atoms with E-state index < -0.39 is 5.60 Å². The molecule has 0 saturated carbocycles. The number of aromatic nitrogens is 1. The van der Waals surface area contributed by atoms with Gasteiger partial charge in [-0.25, -0.2) is 0 Å². The number of aliphatic hydroxyl groups is 1. The van der Waals surface area contributed by atoms with Crippen molar-refractivity contribution in [1.82, 2.24) is 9.88 Å². The predicted molar refractivity (Wildman–Crippen MR) is 85.8 cm³/mol. The van der Waals surface area contributed by atoms with Crippen LogP contribution in [-0.2, 0) is 11.3 Å². The van der Waals surface area contributed by atoms with Gasteiger partial charge in [-0.15, -0.1) is 0 Å². The molecule has 120 valence electrons. The highest BCUT2D eigenvalue weighted by Crippen LogP contribution is 2.18. The van der Waals surface area contributed by atoms with Crippen molar-refractivity contribution < 1.29 is 9.90 Å². The second-order valence-corrected chi connectivity index (χ2v) is 7.02. The molecule has 1 aromatic heterocycles. The first-order valence-electron chi connectivity index (χ1n) is 7.35. The van der Waals surface area contributed by atoms with Crippen LogP contribution < -0.4 is 10.2 Å². The van der Waals surface area contributed by atoms with Gasteiger partial charge in [-0.05, 0) is 26.7 Å². The molecular formula is C15H26N2O3S. The first-order valence-corrected chi connectivity index (χ1v) is 8.16. The van der Waals surface area contributed by atoms with Gasteiger partial charge in [0.05, 0.1) is 5.60 Å². The summed E-state index contributed by atoms with van der Waals surface area (Å²) in [5, 5.41) is 13.0. The van der Waals surface area contributed by atoms with Gasteiger partial charge in [0, 0.05) is 30.1 Å². The molecule has 6 heteroatoms. The Kier molecular flexibility index (Phi) is 6.16. The molecule has 2 atom stereocenters.